The van der Waals surface area contributed by atoms with E-state index in [-0.39, 0.29) is 18.6 Å². The summed E-state index contributed by atoms with van der Waals surface area (Å²) in [6.07, 6.45) is 1.10. The number of benzene rings is 1. The lowest BCUT2D eigenvalue weighted by Gasteiger charge is -2.23. The number of carbonyl (C=O) groups is 2. The Kier molecular flexibility index (Phi) is 3.85. The minimum Gasteiger partial charge on any atom is -0.481 e. The highest BCUT2D eigenvalue weighted by Crippen LogP contribution is 2.28. The van der Waals surface area contributed by atoms with Crippen LogP contribution in [0.5, 0.6) is 0 Å². The van der Waals surface area contributed by atoms with Crippen molar-refractivity contribution in [2.75, 3.05) is 11.5 Å². The van der Waals surface area contributed by atoms with Gasteiger partial charge in [-0.1, -0.05) is 12.1 Å². The maximum absolute atomic E-state index is 11.8. The van der Waals surface area contributed by atoms with Gasteiger partial charge in [0.05, 0.1) is 18.6 Å². The third-order valence-electron chi connectivity index (χ3n) is 3.58. The Labute approximate surface area is 111 Å². The average Bonchev–Trinajstić information content (AvgIpc) is 2.79. The van der Waals surface area contributed by atoms with E-state index in [2.05, 4.69) is 0 Å². The molecule has 5 heteroatoms. The number of carboxylic acid groups (broad SMARTS) is 1. The standard InChI is InChI=1S/C14H17NO4/c1-9(14(18)19)10-2-4-11(5-3-10)15-12(8-16)6-7-13(15)17/h2-5,9,12,16H,6-8H2,1H3,(H,18,19). The van der Waals surface area contributed by atoms with Crippen LogP contribution in [0.3, 0.4) is 0 Å². The fourth-order valence-electron chi connectivity index (χ4n) is 2.34. The molecule has 2 atom stereocenters. The summed E-state index contributed by atoms with van der Waals surface area (Å²) in [5.41, 5.74) is 1.41. The van der Waals surface area contributed by atoms with Crippen molar-refractivity contribution in [3.63, 3.8) is 0 Å². The molecule has 5 nitrogen and oxygen atoms in total. The molecule has 1 heterocycles. The van der Waals surface area contributed by atoms with E-state index in [0.29, 0.717) is 24.1 Å². The maximum atomic E-state index is 11.8. The van der Waals surface area contributed by atoms with Gasteiger partial charge in [0.2, 0.25) is 5.91 Å². The summed E-state index contributed by atoms with van der Waals surface area (Å²) in [6, 6.07) is 6.74. The van der Waals surface area contributed by atoms with Crippen molar-refractivity contribution in [3.8, 4) is 0 Å². The second-order valence-electron chi connectivity index (χ2n) is 4.79. The van der Waals surface area contributed by atoms with Crippen LogP contribution in [0, 0.1) is 0 Å². The lowest BCUT2D eigenvalue weighted by molar-refractivity contribution is -0.138. The highest BCUT2D eigenvalue weighted by molar-refractivity contribution is 5.96. The second kappa shape index (κ2) is 5.40. The van der Waals surface area contributed by atoms with E-state index < -0.39 is 11.9 Å². The van der Waals surface area contributed by atoms with Crippen LogP contribution in [0.1, 0.15) is 31.2 Å². The smallest absolute Gasteiger partial charge is 0.310 e. The molecule has 1 saturated heterocycles. The van der Waals surface area contributed by atoms with Crippen molar-refractivity contribution in [2.45, 2.75) is 31.7 Å². The van der Waals surface area contributed by atoms with E-state index >= 15 is 0 Å². The number of carbonyl (C=O) groups excluding carboxylic acids is 1. The van der Waals surface area contributed by atoms with Crippen molar-refractivity contribution in [1.82, 2.24) is 0 Å². The first-order chi connectivity index (χ1) is 9.04. The maximum Gasteiger partial charge on any atom is 0.310 e. The molecule has 0 spiro atoms. The molecular formula is C14H17NO4. The molecule has 0 bridgehead atoms. The summed E-state index contributed by atoms with van der Waals surface area (Å²) in [5, 5.41) is 18.2. The molecule has 0 saturated carbocycles. The molecule has 19 heavy (non-hydrogen) atoms. The van der Waals surface area contributed by atoms with Gasteiger partial charge in [0.15, 0.2) is 0 Å². The van der Waals surface area contributed by atoms with Crippen LogP contribution in [0.15, 0.2) is 24.3 Å². The number of nitrogens with zero attached hydrogens (tertiary/aromatic N) is 1. The number of carboxylic acids is 1. The first kappa shape index (κ1) is 13.5. The second-order valence-corrected chi connectivity index (χ2v) is 4.79. The zero-order chi connectivity index (χ0) is 14.0. The Morgan fingerprint density at radius 3 is 2.58 bits per heavy atom. The molecule has 1 aliphatic heterocycles. The molecule has 102 valence electrons. The van der Waals surface area contributed by atoms with Crippen molar-refractivity contribution in [1.29, 1.82) is 0 Å². The number of rotatable bonds is 4. The molecule has 1 fully saturated rings. The van der Waals surface area contributed by atoms with Gasteiger partial charge in [-0.3, -0.25) is 9.59 Å². The number of hydrogen-bond acceptors (Lipinski definition) is 3. The first-order valence-electron chi connectivity index (χ1n) is 6.30. The molecule has 0 aliphatic carbocycles. The molecule has 2 unspecified atom stereocenters. The van der Waals surface area contributed by atoms with Crippen LogP contribution in [-0.4, -0.2) is 34.7 Å². The van der Waals surface area contributed by atoms with Crippen LogP contribution in [0.2, 0.25) is 0 Å². The summed E-state index contributed by atoms with van der Waals surface area (Å²) >= 11 is 0. The van der Waals surface area contributed by atoms with Gasteiger partial charge in [-0.15, -0.1) is 0 Å². The van der Waals surface area contributed by atoms with Gasteiger partial charge < -0.3 is 15.1 Å². The molecule has 0 radical (unpaired) electrons. The average molecular weight is 263 g/mol. The number of hydrogen-bond donors (Lipinski definition) is 2. The monoisotopic (exact) mass is 263 g/mol. The molecular weight excluding hydrogens is 246 g/mol. The Bertz CT molecular complexity index is 483. The topological polar surface area (TPSA) is 77.8 Å². The summed E-state index contributed by atoms with van der Waals surface area (Å²) < 4.78 is 0. The number of amides is 1. The Morgan fingerprint density at radius 1 is 1.42 bits per heavy atom. The largest absolute Gasteiger partial charge is 0.481 e. The van der Waals surface area contributed by atoms with Crippen molar-refractivity contribution < 1.29 is 19.8 Å². The van der Waals surface area contributed by atoms with E-state index in [9.17, 15) is 14.7 Å². The van der Waals surface area contributed by atoms with Crippen LogP contribution in [0.25, 0.3) is 0 Å². The Hall–Kier alpha value is -1.88. The van der Waals surface area contributed by atoms with Crippen molar-refractivity contribution >= 4 is 17.6 Å². The molecule has 1 aromatic carbocycles. The molecule has 2 N–H and O–H groups in total. The SMILES string of the molecule is CC(C(=O)O)c1ccc(N2C(=O)CCC2CO)cc1. The first-order valence-corrected chi connectivity index (χ1v) is 6.30. The van der Waals surface area contributed by atoms with Crippen molar-refractivity contribution in [3.05, 3.63) is 29.8 Å². The Balaban J connectivity index is 2.22. The summed E-state index contributed by atoms with van der Waals surface area (Å²) in [6.45, 7) is 1.56. The van der Waals surface area contributed by atoms with Crippen LogP contribution in [-0.2, 0) is 9.59 Å². The van der Waals surface area contributed by atoms with Gasteiger partial charge in [-0.05, 0) is 31.0 Å². The summed E-state index contributed by atoms with van der Waals surface area (Å²) in [7, 11) is 0. The van der Waals surface area contributed by atoms with E-state index in [1.807, 2.05) is 0 Å². The van der Waals surface area contributed by atoms with Gasteiger partial charge in [-0.25, -0.2) is 0 Å². The molecule has 1 aromatic rings. The van der Waals surface area contributed by atoms with E-state index in [1.165, 1.54) is 0 Å². The van der Waals surface area contributed by atoms with Gasteiger partial charge in [-0.2, -0.15) is 0 Å². The minimum absolute atomic E-state index is 0.00177. The van der Waals surface area contributed by atoms with Gasteiger partial charge in [0, 0.05) is 12.1 Å². The molecule has 2 rings (SSSR count). The predicted molar refractivity (Wildman–Crippen MR) is 70.1 cm³/mol. The third kappa shape index (κ3) is 2.61. The minimum atomic E-state index is -0.877. The zero-order valence-electron chi connectivity index (χ0n) is 10.7. The normalized spacial score (nSPS) is 20.6. The number of aliphatic carboxylic acids is 1. The van der Waals surface area contributed by atoms with E-state index in [1.54, 1.807) is 36.1 Å². The van der Waals surface area contributed by atoms with Crippen LogP contribution >= 0.6 is 0 Å². The number of aliphatic hydroxyl groups excluding tert-OH is 1. The van der Waals surface area contributed by atoms with E-state index in [0.717, 1.165) is 0 Å². The lowest BCUT2D eigenvalue weighted by atomic mass is 10.0. The van der Waals surface area contributed by atoms with Crippen LogP contribution in [0.4, 0.5) is 5.69 Å². The molecule has 1 aliphatic rings. The summed E-state index contributed by atoms with van der Waals surface area (Å²) in [4.78, 5) is 24.3. The van der Waals surface area contributed by atoms with Crippen LogP contribution < -0.4 is 4.90 Å². The zero-order valence-corrected chi connectivity index (χ0v) is 10.7. The highest BCUT2D eigenvalue weighted by Gasteiger charge is 2.31. The third-order valence-corrected chi connectivity index (χ3v) is 3.58. The fourth-order valence-corrected chi connectivity index (χ4v) is 2.34. The number of anilines is 1. The summed E-state index contributed by atoms with van der Waals surface area (Å²) in [5.74, 6) is -1.45. The van der Waals surface area contributed by atoms with Gasteiger partial charge >= 0.3 is 5.97 Å². The molecule has 1 amide bonds. The van der Waals surface area contributed by atoms with Crippen molar-refractivity contribution in [2.24, 2.45) is 0 Å². The van der Waals surface area contributed by atoms with Gasteiger partial charge in [0.1, 0.15) is 0 Å². The fraction of sp³-hybridized carbons (Fsp3) is 0.429. The van der Waals surface area contributed by atoms with E-state index in [4.69, 9.17) is 5.11 Å². The highest BCUT2D eigenvalue weighted by atomic mass is 16.4. The lowest BCUT2D eigenvalue weighted by Crippen LogP contribution is -2.35. The quantitative estimate of drug-likeness (QED) is 0.859. The van der Waals surface area contributed by atoms with Gasteiger partial charge in [0.25, 0.3) is 0 Å². The molecule has 0 aromatic heterocycles. The predicted octanol–water partition coefficient (Wildman–Crippen LogP) is 1.36. The Morgan fingerprint density at radius 2 is 2.05 bits per heavy atom. The number of aliphatic hydroxyl groups is 1.